The van der Waals surface area contributed by atoms with Crippen LogP contribution in [0, 0.1) is 6.92 Å². The lowest BCUT2D eigenvalue weighted by molar-refractivity contribution is 0.315. The molecule has 0 aliphatic carbocycles. The summed E-state index contributed by atoms with van der Waals surface area (Å²) in [7, 11) is 0. The summed E-state index contributed by atoms with van der Waals surface area (Å²) in [6.07, 6.45) is 2.73. The van der Waals surface area contributed by atoms with Crippen molar-refractivity contribution >= 4 is 5.82 Å². The zero-order valence-corrected chi connectivity index (χ0v) is 10.6. The molecule has 3 heteroatoms. The first-order chi connectivity index (χ1) is 8.84. The van der Waals surface area contributed by atoms with Gasteiger partial charge in [-0.15, -0.1) is 0 Å². The van der Waals surface area contributed by atoms with E-state index in [9.17, 15) is 0 Å². The number of anilines is 1. The number of aryl methyl sites for hydroxylation is 1. The molecule has 0 bridgehead atoms. The fourth-order valence-electron chi connectivity index (χ4n) is 1.58. The number of rotatable bonds is 6. The largest absolute Gasteiger partial charge is 0.494 e. The van der Waals surface area contributed by atoms with Crippen LogP contribution in [-0.4, -0.2) is 18.1 Å². The Morgan fingerprint density at radius 1 is 1.11 bits per heavy atom. The van der Waals surface area contributed by atoms with E-state index in [0.29, 0.717) is 6.61 Å². The Hall–Kier alpha value is -2.03. The molecule has 1 N–H and O–H groups in total. The van der Waals surface area contributed by atoms with Gasteiger partial charge in [0.2, 0.25) is 0 Å². The van der Waals surface area contributed by atoms with E-state index in [2.05, 4.69) is 29.4 Å². The number of nitrogens with one attached hydrogen (secondary N) is 1. The van der Waals surface area contributed by atoms with Gasteiger partial charge < -0.3 is 10.1 Å². The van der Waals surface area contributed by atoms with Crippen molar-refractivity contribution in [1.82, 2.24) is 4.98 Å². The van der Waals surface area contributed by atoms with Crippen LogP contribution in [0.25, 0.3) is 0 Å². The Morgan fingerprint density at radius 3 is 2.67 bits per heavy atom. The second-order valence-electron chi connectivity index (χ2n) is 4.16. The summed E-state index contributed by atoms with van der Waals surface area (Å²) in [5, 5.41) is 3.25. The SMILES string of the molecule is Cc1ccc(OCCCNc2ccccn2)cc1. The van der Waals surface area contributed by atoms with Crippen molar-refractivity contribution in [1.29, 1.82) is 0 Å². The molecule has 1 heterocycles. The number of hydrogen-bond donors (Lipinski definition) is 1. The van der Waals surface area contributed by atoms with Gasteiger partial charge >= 0.3 is 0 Å². The van der Waals surface area contributed by atoms with Gasteiger partial charge in [-0.25, -0.2) is 4.98 Å². The van der Waals surface area contributed by atoms with Crippen molar-refractivity contribution < 1.29 is 4.74 Å². The summed E-state index contributed by atoms with van der Waals surface area (Å²) in [4.78, 5) is 4.19. The summed E-state index contributed by atoms with van der Waals surface area (Å²) in [6.45, 7) is 3.65. The minimum atomic E-state index is 0.711. The third-order valence-electron chi connectivity index (χ3n) is 2.58. The number of ether oxygens (including phenoxy) is 1. The molecule has 0 aliphatic heterocycles. The first-order valence-electron chi connectivity index (χ1n) is 6.19. The molecule has 18 heavy (non-hydrogen) atoms. The summed E-state index contributed by atoms with van der Waals surface area (Å²) >= 11 is 0. The fourth-order valence-corrected chi connectivity index (χ4v) is 1.58. The van der Waals surface area contributed by atoms with Crippen molar-refractivity contribution in [3.63, 3.8) is 0 Å². The maximum Gasteiger partial charge on any atom is 0.125 e. The van der Waals surface area contributed by atoms with E-state index < -0.39 is 0 Å². The highest BCUT2D eigenvalue weighted by atomic mass is 16.5. The van der Waals surface area contributed by atoms with Crippen molar-refractivity contribution in [2.45, 2.75) is 13.3 Å². The third-order valence-corrected chi connectivity index (χ3v) is 2.58. The maximum absolute atomic E-state index is 5.64. The van der Waals surface area contributed by atoms with E-state index >= 15 is 0 Å². The van der Waals surface area contributed by atoms with Crippen molar-refractivity contribution in [2.75, 3.05) is 18.5 Å². The molecular formula is C15H18N2O. The molecule has 1 aromatic heterocycles. The molecule has 0 saturated carbocycles. The molecule has 2 aromatic rings. The highest BCUT2D eigenvalue weighted by molar-refractivity contribution is 5.32. The van der Waals surface area contributed by atoms with E-state index in [4.69, 9.17) is 4.74 Å². The van der Waals surface area contributed by atoms with Crippen molar-refractivity contribution in [2.24, 2.45) is 0 Å². The first-order valence-corrected chi connectivity index (χ1v) is 6.19. The first kappa shape index (κ1) is 12.4. The van der Waals surface area contributed by atoms with E-state index in [0.717, 1.165) is 24.5 Å². The molecule has 0 amide bonds. The topological polar surface area (TPSA) is 34.1 Å². The average molecular weight is 242 g/mol. The fraction of sp³-hybridized carbons (Fsp3) is 0.267. The van der Waals surface area contributed by atoms with Crippen LogP contribution in [0.15, 0.2) is 48.7 Å². The maximum atomic E-state index is 5.64. The molecule has 0 aliphatic rings. The van der Waals surface area contributed by atoms with E-state index in [1.807, 2.05) is 30.3 Å². The molecule has 0 atom stereocenters. The Labute approximate surface area is 108 Å². The Balaban J connectivity index is 1.63. The van der Waals surface area contributed by atoms with Gasteiger partial charge in [0, 0.05) is 12.7 Å². The Bertz CT molecular complexity index is 454. The standard InChI is InChI=1S/C15H18N2O/c1-13-6-8-14(9-7-13)18-12-4-11-17-15-5-2-3-10-16-15/h2-3,5-10H,4,11-12H2,1H3,(H,16,17). The third kappa shape index (κ3) is 4.09. The van der Waals surface area contributed by atoms with Gasteiger partial charge in [-0.05, 0) is 37.6 Å². The molecule has 0 unspecified atom stereocenters. The van der Waals surface area contributed by atoms with Crippen LogP contribution in [0.2, 0.25) is 0 Å². The lowest BCUT2D eigenvalue weighted by Crippen LogP contribution is -2.08. The molecule has 3 nitrogen and oxygen atoms in total. The monoisotopic (exact) mass is 242 g/mol. The van der Waals surface area contributed by atoms with E-state index in [1.165, 1.54) is 5.56 Å². The highest BCUT2D eigenvalue weighted by Gasteiger charge is 1.94. The number of hydrogen-bond acceptors (Lipinski definition) is 3. The van der Waals surface area contributed by atoms with Gasteiger partial charge in [0.25, 0.3) is 0 Å². The lowest BCUT2D eigenvalue weighted by Gasteiger charge is -2.07. The van der Waals surface area contributed by atoms with E-state index in [1.54, 1.807) is 6.20 Å². The van der Waals surface area contributed by atoms with Crippen LogP contribution in [0.1, 0.15) is 12.0 Å². The molecule has 0 radical (unpaired) electrons. The quantitative estimate of drug-likeness (QED) is 0.789. The number of pyridine rings is 1. The number of benzene rings is 1. The average Bonchev–Trinajstić information content (AvgIpc) is 2.42. The normalized spacial score (nSPS) is 10.1. The smallest absolute Gasteiger partial charge is 0.125 e. The minimum Gasteiger partial charge on any atom is -0.494 e. The van der Waals surface area contributed by atoms with Gasteiger partial charge in [0.05, 0.1) is 6.61 Å². The van der Waals surface area contributed by atoms with Gasteiger partial charge in [0.1, 0.15) is 11.6 Å². The second-order valence-corrected chi connectivity index (χ2v) is 4.16. The predicted octanol–water partition coefficient (Wildman–Crippen LogP) is 3.27. The molecule has 1 aromatic carbocycles. The molecule has 0 fully saturated rings. The molecular weight excluding hydrogens is 224 g/mol. The number of nitrogens with zero attached hydrogens (tertiary/aromatic N) is 1. The van der Waals surface area contributed by atoms with Gasteiger partial charge in [-0.2, -0.15) is 0 Å². The van der Waals surface area contributed by atoms with Crippen molar-refractivity contribution in [3.8, 4) is 5.75 Å². The van der Waals surface area contributed by atoms with Crippen LogP contribution in [0.4, 0.5) is 5.82 Å². The lowest BCUT2D eigenvalue weighted by atomic mass is 10.2. The van der Waals surface area contributed by atoms with Gasteiger partial charge in [0.15, 0.2) is 0 Å². The van der Waals surface area contributed by atoms with Crippen LogP contribution in [0.5, 0.6) is 5.75 Å². The van der Waals surface area contributed by atoms with Crippen LogP contribution in [-0.2, 0) is 0 Å². The minimum absolute atomic E-state index is 0.711. The van der Waals surface area contributed by atoms with Crippen LogP contribution >= 0.6 is 0 Å². The zero-order chi connectivity index (χ0) is 12.6. The number of aromatic nitrogens is 1. The molecule has 2 rings (SSSR count). The predicted molar refractivity (Wildman–Crippen MR) is 74.0 cm³/mol. The van der Waals surface area contributed by atoms with Crippen LogP contribution in [0.3, 0.4) is 0 Å². The summed E-state index contributed by atoms with van der Waals surface area (Å²) < 4.78 is 5.64. The van der Waals surface area contributed by atoms with Gasteiger partial charge in [-0.1, -0.05) is 23.8 Å². The second kappa shape index (κ2) is 6.64. The Kier molecular flexibility index (Phi) is 4.59. The Morgan fingerprint density at radius 2 is 1.94 bits per heavy atom. The molecule has 94 valence electrons. The summed E-state index contributed by atoms with van der Waals surface area (Å²) in [5.74, 6) is 1.84. The zero-order valence-electron chi connectivity index (χ0n) is 10.6. The van der Waals surface area contributed by atoms with Crippen molar-refractivity contribution in [3.05, 3.63) is 54.2 Å². The van der Waals surface area contributed by atoms with Gasteiger partial charge in [-0.3, -0.25) is 0 Å². The molecule has 0 saturated heterocycles. The summed E-state index contributed by atoms with van der Waals surface area (Å²) in [5.41, 5.74) is 1.25. The summed E-state index contributed by atoms with van der Waals surface area (Å²) in [6, 6.07) is 14.0. The van der Waals surface area contributed by atoms with Crippen LogP contribution < -0.4 is 10.1 Å². The molecule has 0 spiro atoms. The highest BCUT2D eigenvalue weighted by Crippen LogP contribution is 2.11. The van der Waals surface area contributed by atoms with E-state index in [-0.39, 0.29) is 0 Å².